The van der Waals surface area contributed by atoms with E-state index in [1.165, 1.54) is 43.4 Å². The second-order valence-corrected chi connectivity index (χ2v) is 14.6. The summed E-state index contributed by atoms with van der Waals surface area (Å²) in [6.07, 6.45) is 4.39. The standard InChI is InChI=1S/C56H40N2/c1-3-13-43(14-4-1)45-29-36-51(37-30-45)58(56-40-47-17-9-10-20-53(47)54-21-11-12-22-55(54)56)50-34-27-42(28-35-50)24-23-41-25-32-49(33-26-41)57(48-18-5-2-6-19-48)52-38-31-44-15-7-8-16-46(44)39-52/h1-40H/b24-23+. The second-order valence-electron chi connectivity index (χ2n) is 14.6. The number of hydrogen-bond acceptors (Lipinski definition) is 2. The fourth-order valence-corrected chi connectivity index (χ4v) is 8.08. The molecule has 10 aromatic rings. The zero-order valence-electron chi connectivity index (χ0n) is 32.0. The quantitative estimate of drug-likeness (QED) is 0.107. The molecular weight excluding hydrogens is 701 g/mol. The van der Waals surface area contributed by atoms with Crippen molar-refractivity contribution in [1.82, 2.24) is 0 Å². The molecule has 0 aliphatic heterocycles. The van der Waals surface area contributed by atoms with Gasteiger partial charge < -0.3 is 9.80 Å². The minimum atomic E-state index is 1.10. The van der Waals surface area contributed by atoms with Crippen molar-refractivity contribution in [2.24, 2.45) is 0 Å². The summed E-state index contributed by atoms with van der Waals surface area (Å²) >= 11 is 0. The van der Waals surface area contributed by atoms with Crippen LogP contribution in [0, 0.1) is 0 Å². The lowest BCUT2D eigenvalue weighted by Gasteiger charge is -2.28. The van der Waals surface area contributed by atoms with Gasteiger partial charge in [0.05, 0.1) is 5.69 Å². The molecule has 0 radical (unpaired) electrons. The molecule has 0 unspecified atom stereocenters. The Bertz CT molecular complexity index is 3020. The van der Waals surface area contributed by atoms with E-state index in [9.17, 15) is 0 Å². The maximum absolute atomic E-state index is 2.39. The largest absolute Gasteiger partial charge is 0.310 e. The zero-order valence-corrected chi connectivity index (χ0v) is 32.0. The molecule has 0 bridgehead atoms. The summed E-state index contributed by atoms with van der Waals surface area (Å²) in [6, 6.07) is 82.8. The van der Waals surface area contributed by atoms with E-state index in [-0.39, 0.29) is 0 Å². The number of anilines is 6. The molecule has 0 saturated carbocycles. The minimum absolute atomic E-state index is 1.10. The van der Waals surface area contributed by atoms with Crippen LogP contribution in [0.25, 0.3) is 55.6 Å². The summed E-state index contributed by atoms with van der Waals surface area (Å²) in [7, 11) is 0. The molecule has 0 amide bonds. The monoisotopic (exact) mass is 740 g/mol. The van der Waals surface area contributed by atoms with E-state index in [2.05, 4.69) is 252 Å². The van der Waals surface area contributed by atoms with E-state index in [0.29, 0.717) is 0 Å². The van der Waals surface area contributed by atoms with Crippen LogP contribution in [-0.2, 0) is 0 Å². The molecule has 0 aliphatic rings. The lowest BCUT2D eigenvalue weighted by Crippen LogP contribution is -2.10. The molecule has 2 heteroatoms. The Morgan fingerprint density at radius 2 is 0.707 bits per heavy atom. The lowest BCUT2D eigenvalue weighted by molar-refractivity contribution is 1.29. The molecule has 10 aromatic carbocycles. The van der Waals surface area contributed by atoms with Crippen molar-refractivity contribution in [2.75, 3.05) is 9.80 Å². The highest BCUT2D eigenvalue weighted by molar-refractivity contribution is 6.14. The van der Waals surface area contributed by atoms with Gasteiger partial charge in [-0.3, -0.25) is 0 Å². The highest BCUT2D eigenvalue weighted by Gasteiger charge is 2.18. The fraction of sp³-hybridized carbons (Fsp3) is 0. The van der Waals surface area contributed by atoms with Crippen molar-refractivity contribution in [2.45, 2.75) is 0 Å². The molecule has 0 fully saturated rings. The van der Waals surface area contributed by atoms with Crippen molar-refractivity contribution in [3.63, 3.8) is 0 Å². The first-order chi connectivity index (χ1) is 28.7. The lowest BCUT2D eigenvalue weighted by atomic mass is 9.98. The summed E-state index contributed by atoms with van der Waals surface area (Å²) < 4.78 is 0. The van der Waals surface area contributed by atoms with Crippen LogP contribution >= 0.6 is 0 Å². The van der Waals surface area contributed by atoms with Crippen LogP contribution in [0.15, 0.2) is 231 Å². The van der Waals surface area contributed by atoms with Crippen LogP contribution in [0.4, 0.5) is 34.1 Å². The number of nitrogens with zero attached hydrogens (tertiary/aromatic N) is 2. The van der Waals surface area contributed by atoms with E-state index in [1.54, 1.807) is 0 Å². The third-order valence-corrected chi connectivity index (χ3v) is 11.0. The second kappa shape index (κ2) is 15.5. The third kappa shape index (κ3) is 6.89. The summed E-state index contributed by atoms with van der Waals surface area (Å²) in [6.45, 7) is 0. The van der Waals surface area contributed by atoms with Gasteiger partial charge in [0, 0.05) is 33.8 Å². The van der Waals surface area contributed by atoms with Crippen molar-refractivity contribution in [3.8, 4) is 11.1 Å². The zero-order chi connectivity index (χ0) is 38.7. The average molecular weight is 741 g/mol. The van der Waals surface area contributed by atoms with Crippen LogP contribution in [0.2, 0.25) is 0 Å². The van der Waals surface area contributed by atoms with Crippen molar-refractivity contribution < 1.29 is 0 Å². The molecule has 0 heterocycles. The van der Waals surface area contributed by atoms with Gasteiger partial charge in [-0.05, 0) is 116 Å². The van der Waals surface area contributed by atoms with Crippen LogP contribution < -0.4 is 9.80 Å². The number of fused-ring (bicyclic) bond motifs is 4. The fourth-order valence-electron chi connectivity index (χ4n) is 8.08. The Hall–Kier alpha value is -7.68. The summed E-state index contributed by atoms with van der Waals surface area (Å²) in [5.74, 6) is 0. The number of benzene rings is 10. The van der Waals surface area contributed by atoms with Gasteiger partial charge >= 0.3 is 0 Å². The summed E-state index contributed by atoms with van der Waals surface area (Å²) in [5.41, 5.74) is 11.4. The molecule has 2 nitrogen and oxygen atoms in total. The smallest absolute Gasteiger partial charge is 0.0546 e. The van der Waals surface area contributed by atoms with E-state index < -0.39 is 0 Å². The molecule has 10 rings (SSSR count). The van der Waals surface area contributed by atoms with Gasteiger partial charge in [-0.2, -0.15) is 0 Å². The first-order valence-electron chi connectivity index (χ1n) is 19.8. The minimum Gasteiger partial charge on any atom is -0.310 e. The number of hydrogen-bond donors (Lipinski definition) is 0. The SMILES string of the molecule is C(=C\c1ccc(N(c2ccc(-c3ccccc3)cc2)c2cc3ccccc3c3ccccc23)cc1)/c1ccc(N(c2ccccc2)c2ccc3ccccc3c2)cc1. The van der Waals surface area contributed by atoms with Gasteiger partial charge in [0.1, 0.15) is 0 Å². The molecule has 0 aliphatic carbocycles. The molecule has 0 spiro atoms. The first kappa shape index (κ1) is 34.8. The Balaban J connectivity index is 0.971. The van der Waals surface area contributed by atoms with E-state index in [4.69, 9.17) is 0 Å². The van der Waals surface area contributed by atoms with Gasteiger partial charge in [0.15, 0.2) is 0 Å². The molecular formula is C56H40N2. The normalized spacial score (nSPS) is 11.4. The van der Waals surface area contributed by atoms with Crippen molar-refractivity contribution in [3.05, 3.63) is 242 Å². The van der Waals surface area contributed by atoms with Gasteiger partial charge in [-0.25, -0.2) is 0 Å². The molecule has 58 heavy (non-hydrogen) atoms. The Labute approximate surface area is 339 Å². The van der Waals surface area contributed by atoms with Crippen molar-refractivity contribution in [1.29, 1.82) is 0 Å². The summed E-state index contributed by atoms with van der Waals surface area (Å²) in [5, 5.41) is 7.40. The average Bonchev–Trinajstić information content (AvgIpc) is 3.30. The first-order valence-corrected chi connectivity index (χ1v) is 19.8. The molecule has 0 N–H and O–H groups in total. The number of para-hydroxylation sites is 1. The molecule has 0 saturated heterocycles. The maximum Gasteiger partial charge on any atom is 0.0546 e. The Kier molecular flexibility index (Phi) is 9.27. The van der Waals surface area contributed by atoms with E-state index in [0.717, 1.165) is 45.3 Å². The van der Waals surface area contributed by atoms with Crippen LogP contribution in [0.5, 0.6) is 0 Å². The van der Waals surface area contributed by atoms with E-state index in [1.807, 2.05) is 0 Å². The van der Waals surface area contributed by atoms with Gasteiger partial charge in [-0.1, -0.05) is 176 Å². The van der Waals surface area contributed by atoms with E-state index >= 15 is 0 Å². The molecule has 274 valence electrons. The maximum atomic E-state index is 2.39. The predicted molar refractivity (Wildman–Crippen MR) is 249 cm³/mol. The van der Waals surface area contributed by atoms with Crippen LogP contribution in [0.3, 0.4) is 0 Å². The van der Waals surface area contributed by atoms with Crippen LogP contribution in [-0.4, -0.2) is 0 Å². The Morgan fingerprint density at radius 1 is 0.259 bits per heavy atom. The van der Waals surface area contributed by atoms with Gasteiger partial charge in [0.25, 0.3) is 0 Å². The van der Waals surface area contributed by atoms with Crippen molar-refractivity contribution >= 4 is 78.6 Å². The molecule has 0 atom stereocenters. The Morgan fingerprint density at radius 3 is 1.36 bits per heavy atom. The third-order valence-electron chi connectivity index (χ3n) is 11.0. The topological polar surface area (TPSA) is 6.48 Å². The van der Waals surface area contributed by atoms with Gasteiger partial charge in [-0.15, -0.1) is 0 Å². The highest BCUT2D eigenvalue weighted by Crippen LogP contribution is 2.43. The predicted octanol–water partition coefficient (Wildman–Crippen LogP) is 15.9. The highest BCUT2D eigenvalue weighted by atomic mass is 15.1. The number of rotatable bonds is 9. The van der Waals surface area contributed by atoms with Crippen LogP contribution in [0.1, 0.15) is 11.1 Å². The molecule has 0 aromatic heterocycles. The summed E-state index contributed by atoms with van der Waals surface area (Å²) in [4.78, 5) is 4.71. The van der Waals surface area contributed by atoms with Gasteiger partial charge in [0.2, 0.25) is 0 Å².